The summed E-state index contributed by atoms with van der Waals surface area (Å²) in [4.78, 5) is 10.4. The van der Waals surface area contributed by atoms with E-state index >= 15 is 0 Å². The first-order valence-corrected chi connectivity index (χ1v) is 5.74. The fourth-order valence-electron chi connectivity index (χ4n) is 1.32. The summed E-state index contributed by atoms with van der Waals surface area (Å²) >= 11 is 0. The van der Waals surface area contributed by atoms with Crippen molar-refractivity contribution in [3.8, 4) is 5.75 Å². The lowest BCUT2D eigenvalue weighted by Gasteiger charge is -2.15. The van der Waals surface area contributed by atoms with E-state index < -0.39 is 11.0 Å². The van der Waals surface area contributed by atoms with Crippen LogP contribution in [-0.2, 0) is 6.54 Å². The quantitative estimate of drug-likeness (QED) is 0.591. The number of nitrogens with zero attached hydrogens (tertiary/aromatic N) is 1. The van der Waals surface area contributed by atoms with Gasteiger partial charge in [-0.3, -0.25) is 10.1 Å². The highest BCUT2D eigenvalue weighted by Gasteiger charge is 2.18. The van der Waals surface area contributed by atoms with Gasteiger partial charge in [-0.2, -0.15) is 0 Å². The summed E-state index contributed by atoms with van der Waals surface area (Å²) in [6.45, 7) is 3.95. The molecule has 0 radical (unpaired) electrons. The van der Waals surface area contributed by atoms with Crippen LogP contribution in [0, 0.1) is 16.0 Å². The van der Waals surface area contributed by atoms with E-state index in [9.17, 15) is 15.2 Å². The molecule has 0 amide bonds. The summed E-state index contributed by atoms with van der Waals surface area (Å²) in [5, 5.41) is 20.5. The molecule has 0 aliphatic heterocycles. The number of hydrogen-bond acceptors (Lipinski definition) is 5. The highest BCUT2D eigenvalue weighted by Crippen LogP contribution is 2.28. The van der Waals surface area contributed by atoms with Crippen molar-refractivity contribution in [2.75, 3.05) is 6.61 Å². The lowest BCUT2D eigenvalue weighted by molar-refractivity contribution is -0.386. The number of nitro groups is 1. The van der Waals surface area contributed by atoms with Crippen LogP contribution in [0.4, 0.5) is 5.69 Å². The van der Waals surface area contributed by atoms with E-state index in [0.717, 1.165) is 0 Å². The summed E-state index contributed by atoms with van der Waals surface area (Å²) in [5.74, 6) is 0.185. The van der Waals surface area contributed by atoms with Crippen molar-refractivity contribution in [3.63, 3.8) is 0 Å². The lowest BCUT2D eigenvalue weighted by atomic mass is 10.1. The van der Waals surface area contributed by atoms with Crippen molar-refractivity contribution < 1.29 is 14.8 Å². The molecule has 1 unspecified atom stereocenters. The second-order valence-corrected chi connectivity index (χ2v) is 4.39. The summed E-state index contributed by atoms with van der Waals surface area (Å²) in [7, 11) is 0. The van der Waals surface area contributed by atoms with Crippen LogP contribution in [0.3, 0.4) is 0 Å². The molecule has 1 atom stereocenters. The van der Waals surface area contributed by atoms with Gasteiger partial charge in [0.25, 0.3) is 0 Å². The minimum absolute atomic E-state index is 0.0283. The fraction of sp³-hybridized carbons (Fsp3) is 0.500. The standard InChI is InChI=1S/C12H18N2O4/c1-8(2)11(15)7-18-12-4-3-9(6-13)5-10(12)14(16)17/h3-5,8,11,15H,6-7,13H2,1-2H3. The van der Waals surface area contributed by atoms with Crippen LogP contribution in [0.2, 0.25) is 0 Å². The van der Waals surface area contributed by atoms with E-state index in [-0.39, 0.29) is 30.5 Å². The molecule has 1 aromatic carbocycles. The van der Waals surface area contributed by atoms with E-state index in [1.807, 2.05) is 13.8 Å². The minimum atomic E-state index is -0.654. The number of nitro benzene ring substituents is 1. The van der Waals surface area contributed by atoms with Crippen LogP contribution in [0.5, 0.6) is 5.75 Å². The van der Waals surface area contributed by atoms with Crippen LogP contribution < -0.4 is 10.5 Å². The number of aliphatic hydroxyl groups is 1. The Labute approximate surface area is 106 Å². The van der Waals surface area contributed by atoms with Crippen LogP contribution in [0.25, 0.3) is 0 Å². The lowest BCUT2D eigenvalue weighted by Crippen LogP contribution is -2.23. The Hall–Kier alpha value is -1.66. The van der Waals surface area contributed by atoms with Gasteiger partial charge in [-0.1, -0.05) is 19.9 Å². The van der Waals surface area contributed by atoms with Crippen molar-refractivity contribution in [2.24, 2.45) is 11.7 Å². The predicted octanol–water partition coefficient (Wildman–Crippen LogP) is 1.45. The van der Waals surface area contributed by atoms with E-state index in [1.54, 1.807) is 6.07 Å². The normalized spacial score (nSPS) is 12.5. The molecular formula is C12H18N2O4. The molecule has 1 aromatic rings. The predicted molar refractivity (Wildman–Crippen MR) is 67.3 cm³/mol. The number of aliphatic hydroxyl groups excluding tert-OH is 1. The minimum Gasteiger partial charge on any atom is -0.484 e. The van der Waals surface area contributed by atoms with Gasteiger partial charge in [0.05, 0.1) is 11.0 Å². The maximum atomic E-state index is 10.9. The maximum absolute atomic E-state index is 10.9. The number of hydrogen-bond donors (Lipinski definition) is 2. The van der Waals surface area contributed by atoms with Gasteiger partial charge in [0, 0.05) is 12.6 Å². The molecule has 0 aliphatic carbocycles. The molecule has 0 aliphatic rings. The molecule has 18 heavy (non-hydrogen) atoms. The summed E-state index contributed by atoms with van der Waals surface area (Å²) in [6, 6.07) is 4.56. The zero-order valence-corrected chi connectivity index (χ0v) is 10.5. The van der Waals surface area contributed by atoms with Gasteiger partial charge in [-0.05, 0) is 17.5 Å². The Bertz CT molecular complexity index is 421. The topological polar surface area (TPSA) is 98.6 Å². The van der Waals surface area contributed by atoms with Crippen molar-refractivity contribution in [3.05, 3.63) is 33.9 Å². The zero-order valence-electron chi connectivity index (χ0n) is 10.5. The summed E-state index contributed by atoms with van der Waals surface area (Å²) in [5.41, 5.74) is 5.96. The van der Waals surface area contributed by atoms with E-state index in [2.05, 4.69) is 0 Å². The van der Waals surface area contributed by atoms with Crippen molar-refractivity contribution in [1.82, 2.24) is 0 Å². The molecule has 0 saturated heterocycles. The molecule has 6 heteroatoms. The molecule has 1 rings (SSSR count). The highest BCUT2D eigenvalue weighted by atomic mass is 16.6. The summed E-state index contributed by atoms with van der Waals surface area (Å²) in [6.07, 6.45) is -0.654. The average Bonchev–Trinajstić information content (AvgIpc) is 2.35. The molecule has 0 saturated carbocycles. The van der Waals surface area contributed by atoms with Gasteiger partial charge in [0.2, 0.25) is 0 Å². The van der Waals surface area contributed by atoms with Gasteiger partial charge in [0.1, 0.15) is 6.61 Å². The van der Waals surface area contributed by atoms with Crippen LogP contribution in [0.1, 0.15) is 19.4 Å². The Kier molecular flexibility index (Phi) is 5.06. The van der Waals surface area contributed by atoms with Gasteiger partial charge < -0.3 is 15.6 Å². The molecule has 0 aromatic heterocycles. The Balaban J connectivity index is 2.85. The maximum Gasteiger partial charge on any atom is 0.311 e. The second kappa shape index (κ2) is 6.32. The molecule has 0 heterocycles. The van der Waals surface area contributed by atoms with E-state index in [4.69, 9.17) is 10.5 Å². The Morgan fingerprint density at radius 2 is 2.17 bits per heavy atom. The zero-order chi connectivity index (χ0) is 13.7. The monoisotopic (exact) mass is 254 g/mol. The van der Waals surface area contributed by atoms with Crippen LogP contribution in [0.15, 0.2) is 18.2 Å². The average molecular weight is 254 g/mol. The molecule has 0 bridgehead atoms. The fourth-order valence-corrected chi connectivity index (χ4v) is 1.32. The Morgan fingerprint density at radius 1 is 1.50 bits per heavy atom. The first-order valence-electron chi connectivity index (χ1n) is 5.74. The molecule has 6 nitrogen and oxygen atoms in total. The third kappa shape index (κ3) is 3.68. The van der Waals surface area contributed by atoms with E-state index in [1.165, 1.54) is 12.1 Å². The third-order valence-corrected chi connectivity index (χ3v) is 2.63. The first-order chi connectivity index (χ1) is 8.45. The van der Waals surface area contributed by atoms with Crippen molar-refractivity contribution in [1.29, 1.82) is 0 Å². The van der Waals surface area contributed by atoms with Gasteiger partial charge in [-0.25, -0.2) is 0 Å². The molecule has 0 spiro atoms. The van der Waals surface area contributed by atoms with Crippen LogP contribution in [-0.4, -0.2) is 22.7 Å². The SMILES string of the molecule is CC(C)C(O)COc1ccc(CN)cc1[N+](=O)[O-]. The largest absolute Gasteiger partial charge is 0.484 e. The summed E-state index contributed by atoms with van der Waals surface area (Å²) < 4.78 is 5.29. The molecular weight excluding hydrogens is 236 g/mol. The number of ether oxygens (including phenoxy) is 1. The smallest absolute Gasteiger partial charge is 0.311 e. The molecule has 3 N–H and O–H groups in total. The van der Waals surface area contributed by atoms with Gasteiger partial charge in [0.15, 0.2) is 5.75 Å². The highest BCUT2D eigenvalue weighted by molar-refractivity contribution is 5.48. The van der Waals surface area contributed by atoms with Crippen molar-refractivity contribution >= 4 is 5.69 Å². The third-order valence-electron chi connectivity index (χ3n) is 2.63. The first kappa shape index (κ1) is 14.4. The van der Waals surface area contributed by atoms with E-state index in [0.29, 0.717) is 5.56 Å². The second-order valence-electron chi connectivity index (χ2n) is 4.39. The molecule has 100 valence electrons. The van der Waals surface area contributed by atoms with Crippen LogP contribution >= 0.6 is 0 Å². The Morgan fingerprint density at radius 3 is 2.67 bits per heavy atom. The number of rotatable bonds is 6. The van der Waals surface area contributed by atoms with Gasteiger partial charge >= 0.3 is 5.69 Å². The number of benzene rings is 1. The molecule has 0 fully saturated rings. The van der Waals surface area contributed by atoms with Gasteiger partial charge in [-0.15, -0.1) is 0 Å². The number of nitrogens with two attached hydrogens (primary N) is 1. The van der Waals surface area contributed by atoms with Crippen molar-refractivity contribution in [2.45, 2.75) is 26.5 Å².